The van der Waals surface area contributed by atoms with Gasteiger partial charge in [0.1, 0.15) is 11.6 Å². The maximum atomic E-state index is 12.2. The van der Waals surface area contributed by atoms with E-state index >= 15 is 0 Å². The summed E-state index contributed by atoms with van der Waals surface area (Å²) in [6, 6.07) is 17.8. The van der Waals surface area contributed by atoms with Crippen LogP contribution in [0.3, 0.4) is 0 Å². The molecule has 1 heterocycles. The Bertz CT molecular complexity index is 1010. The van der Waals surface area contributed by atoms with Gasteiger partial charge in [-0.05, 0) is 56.0 Å². The van der Waals surface area contributed by atoms with E-state index in [1.807, 2.05) is 49.4 Å². The van der Waals surface area contributed by atoms with Crippen LogP contribution in [0.15, 0.2) is 54.6 Å². The number of benzene rings is 2. The lowest BCUT2D eigenvalue weighted by Gasteiger charge is -2.10. The van der Waals surface area contributed by atoms with E-state index in [-0.39, 0.29) is 5.91 Å². The highest BCUT2D eigenvalue weighted by atomic mass is 16.5. The summed E-state index contributed by atoms with van der Waals surface area (Å²) < 4.78 is 5.20. The Kier molecular flexibility index (Phi) is 5.93. The standard InChI is InChI=1S/C24H26N4O2/c1-16-15-22(25-14-13-17-3-11-21(30-2)12-4-17)28-23(26-16)18-5-7-19(8-6-18)24(29)27-20-9-10-20/h3-8,11-12,15,20H,9-10,13-14H2,1-2H3,(H,27,29)(H,25,26,28). The molecular weight excluding hydrogens is 376 g/mol. The van der Waals surface area contributed by atoms with Gasteiger partial charge in [-0.3, -0.25) is 4.79 Å². The van der Waals surface area contributed by atoms with Gasteiger partial charge in [-0.25, -0.2) is 9.97 Å². The van der Waals surface area contributed by atoms with Crippen LogP contribution in [0.2, 0.25) is 0 Å². The van der Waals surface area contributed by atoms with Crippen molar-refractivity contribution in [3.8, 4) is 17.1 Å². The zero-order valence-corrected chi connectivity index (χ0v) is 17.3. The molecule has 1 fully saturated rings. The van der Waals surface area contributed by atoms with E-state index in [0.717, 1.165) is 48.6 Å². The van der Waals surface area contributed by atoms with Crippen LogP contribution in [0, 0.1) is 6.92 Å². The summed E-state index contributed by atoms with van der Waals surface area (Å²) in [7, 11) is 1.67. The highest BCUT2D eigenvalue weighted by Gasteiger charge is 2.23. The van der Waals surface area contributed by atoms with Gasteiger partial charge in [0.2, 0.25) is 0 Å². The number of carbonyl (C=O) groups excluding carboxylic acids is 1. The van der Waals surface area contributed by atoms with Crippen molar-refractivity contribution in [3.63, 3.8) is 0 Å². The SMILES string of the molecule is COc1ccc(CCNc2cc(C)nc(-c3ccc(C(=O)NC4CC4)cc3)n2)cc1. The summed E-state index contributed by atoms with van der Waals surface area (Å²) >= 11 is 0. The van der Waals surface area contributed by atoms with Crippen molar-refractivity contribution < 1.29 is 9.53 Å². The maximum absolute atomic E-state index is 12.2. The maximum Gasteiger partial charge on any atom is 0.251 e. The second-order valence-corrected chi connectivity index (χ2v) is 7.57. The molecule has 0 saturated heterocycles. The third-order valence-corrected chi connectivity index (χ3v) is 5.05. The van der Waals surface area contributed by atoms with E-state index < -0.39 is 0 Å². The number of hydrogen-bond donors (Lipinski definition) is 2. The number of rotatable bonds is 8. The molecule has 1 saturated carbocycles. The number of amides is 1. The summed E-state index contributed by atoms with van der Waals surface area (Å²) in [6.45, 7) is 2.72. The van der Waals surface area contributed by atoms with Crippen molar-refractivity contribution in [2.24, 2.45) is 0 Å². The Morgan fingerprint density at radius 1 is 1.07 bits per heavy atom. The van der Waals surface area contributed by atoms with Crippen LogP contribution < -0.4 is 15.4 Å². The molecule has 1 aliphatic rings. The molecule has 1 aromatic heterocycles. The summed E-state index contributed by atoms with van der Waals surface area (Å²) in [5.74, 6) is 2.28. The van der Waals surface area contributed by atoms with Gasteiger partial charge < -0.3 is 15.4 Å². The number of ether oxygens (including phenoxy) is 1. The fraction of sp³-hybridized carbons (Fsp3) is 0.292. The molecule has 6 heteroatoms. The molecule has 0 spiro atoms. The van der Waals surface area contributed by atoms with Gasteiger partial charge in [0.25, 0.3) is 5.91 Å². The predicted octanol–water partition coefficient (Wildman–Crippen LogP) is 4.01. The average Bonchev–Trinajstić information content (AvgIpc) is 3.58. The van der Waals surface area contributed by atoms with Crippen molar-refractivity contribution in [1.82, 2.24) is 15.3 Å². The summed E-state index contributed by atoms with van der Waals surface area (Å²) in [6.07, 6.45) is 3.04. The number of aryl methyl sites for hydroxylation is 1. The normalized spacial score (nSPS) is 13.0. The van der Waals surface area contributed by atoms with Crippen LogP contribution in [0.1, 0.15) is 34.5 Å². The third kappa shape index (κ3) is 5.14. The second-order valence-electron chi connectivity index (χ2n) is 7.57. The molecule has 1 aliphatic carbocycles. The van der Waals surface area contributed by atoms with Gasteiger partial charge >= 0.3 is 0 Å². The van der Waals surface area contributed by atoms with Gasteiger partial charge in [-0.15, -0.1) is 0 Å². The van der Waals surface area contributed by atoms with E-state index in [2.05, 4.69) is 32.7 Å². The van der Waals surface area contributed by atoms with E-state index in [4.69, 9.17) is 4.74 Å². The Morgan fingerprint density at radius 3 is 2.47 bits per heavy atom. The number of methoxy groups -OCH3 is 1. The number of nitrogens with zero attached hydrogens (tertiary/aromatic N) is 2. The van der Waals surface area contributed by atoms with Crippen molar-refractivity contribution in [2.75, 3.05) is 19.0 Å². The number of aromatic nitrogens is 2. The Hall–Kier alpha value is -3.41. The van der Waals surface area contributed by atoms with Crippen molar-refractivity contribution >= 4 is 11.7 Å². The molecular formula is C24H26N4O2. The number of anilines is 1. The monoisotopic (exact) mass is 402 g/mol. The minimum absolute atomic E-state index is 0.0184. The first-order valence-corrected chi connectivity index (χ1v) is 10.2. The highest BCUT2D eigenvalue weighted by molar-refractivity contribution is 5.95. The van der Waals surface area contributed by atoms with Crippen molar-refractivity contribution in [1.29, 1.82) is 0 Å². The molecule has 0 atom stereocenters. The minimum Gasteiger partial charge on any atom is -0.497 e. The largest absolute Gasteiger partial charge is 0.497 e. The Morgan fingerprint density at radius 2 is 1.80 bits per heavy atom. The summed E-state index contributed by atoms with van der Waals surface area (Å²) in [5.41, 5.74) is 3.67. The first-order valence-electron chi connectivity index (χ1n) is 10.2. The predicted molar refractivity (Wildman–Crippen MR) is 118 cm³/mol. The number of carbonyl (C=O) groups is 1. The molecule has 3 aromatic rings. The first kappa shape index (κ1) is 19.9. The van der Waals surface area contributed by atoms with Gasteiger partial charge in [-0.2, -0.15) is 0 Å². The molecule has 30 heavy (non-hydrogen) atoms. The van der Waals surface area contributed by atoms with Gasteiger partial charge in [0.05, 0.1) is 7.11 Å². The first-order chi connectivity index (χ1) is 14.6. The molecule has 0 unspecified atom stereocenters. The van der Waals surface area contributed by atoms with Crippen LogP contribution in [0.25, 0.3) is 11.4 Å². The fourth-order valence-corrected chi connectivity index (χ4v) is 3.18. The van der Waals surface area contributed by atoms with E-state index in [9.17, 15) is 4.79 Å². The lowest BCUT2D eigenvalue weighted by Crippen LogP contribution is -2.25. The molecule has 6 nitrogen and oxygen atoms in total. The van der Waals surface area contributed by atoms with Gasteiger partial charge in [-0.1, -0.05) is 24.3 Å². The zero-order valence-electron chi connectivity index (χ0n) is 17.3. The number of nitrogens with one attached hydrogen (secondary N) is 2. The highest BCUT2D eigenvalue weighted by Crippen LogP contribution is 2.21. The quantitative estimate of drug-likeness (QED) is 0.595. The van der Waals surface area contributed by atoms with Crippen LogP contribution in [0.4, 0.5) is 5.82 Å². The Labute approximate surface area is 176 Å². The van der Waals surface area contributed by atoms with Crippen LogP contribution in [-0.2, 0) is 6.42 Å². The second kappa shape index (κ2) is 8.95. The molecule has 1 amide bonds. The fourth-order valence-electron chi connectivity index (χ4n) is 3.18. The van der Waals surface area contributed by atoms with Crippen molar-refractivity contribution in [3.05, 3.63) is 71.4 Å². The minimum atomic E-state index is -0.0184. The molecule has 4 rings (SSSR count). The molecule has 154 valence electrons. The van der Waals surface area contributed by atoms with Crippen LogP contribution in [-0.4, -0.2) is 35.6 Å². The van der Waals surface area contributed by atoms with Crippen LogP contribution in [0.5, 0.6) is 5.75 Å². The van der Waals surface area contributed by atoms with E-state index in [1.54, 1.807) is 7.11 Å². The van der Waals surface area contributed by atoms with E-state index in [1.165, 1.54) is 5.56 Å². The lowest BCUT2D eigenvalue weighted by molar-refractivity contribution is 0.0951. The van der Waals surface area contributed by atoms with Crippen molar-refractivity contribution in [2.45, 2.75) is 32.2 Å². The molecule has 0 bridgehead atoms. The van der Waals surface area contributed by atoms with Gasteiger partial charge in [0.15, 0.2) is 5.82 Å². The molecule has 2 N–H and O–H groups in total. The Balaban J connectivity index is 1.40. The third-order valence-electron chi connectivity index (χ3n) is 5.05. The average molecular weight is 402 g/mol. The molecule has 0 aliphatic heterocycles. The van der Waals surface area contributed by atoms with Crippen LogP contribution >= 0.6 is 0 Å². The smallest absolute Gasteiger partial charge is 0.251 e. The topological polar surface area (TPSA) is 76.1 Å². The summed E-state index contributed by atoms with van der Waals surface area (Å²) in [4.78, 5) is 21.4. The zero-order chi connectivity index (χ0) is 20.9. The molecule has 2 aromatic carbocycles. The van der Waals surface area contributed by atoms with E-state index in [0.29, 0.717) is 17.4 Å². The molecule has 0 radical (unpaired) electrons. The lowest BCUT2D eigenvalue weighted by atomic mass is 10.1. The number of hydrogen-bond acceptors (Lipinski definition) is 5. The van der Waals surface area contributed by atoms with Gasteiger partial charge in [0, 0.05) is 35.5 Å². The summed E-state index contributed by atoms with van der Waals surface area (Å²) in [5, 5.41) is 6.39.